The van der Waals surface area contributed by atoms with E-state index in [0.717, 1.165) is 17.0 Å². The Bertz CT molecular complexity index is 591. The third kappa shape index (κ3) is 4.93. The van der Waals surface area contributed by atoms with Crippen molar-refractivity contribution in [3.05, 3.63) is 65.7 Å². The fourth-order valence-electron chi connectivity index (χ4n) is 1.77. The van der Waals surface area contributed by atoms with E-state index in [2.05, 4.69) is 0 Å². The number of carbonyl (C=O) groups is 1. The van der Waals surface area contributed by atoms with Crippen molar-refractivity contribution in [1.82, 2.24) is 0 Å². The topological polar surface area (TPSA) is 17.1 Å². The van der Waals surface area contributed by atoms with E-state index in [1.165, 1.54) is 23.9 Å². The van der Waals surface area contributed by atoms with Crippen molar-refractivity contribution >= 4 is 17.5 Å². The van der Waals surface area contributed by atoms with E-state index in [4.69, 9.17) is 0 Å². The van der Waals surface area contributed by atoms with E-state index < -0.39 is 11.7 Å². The molecule has 0 heterocycles. The molecule has 0 spiro atoms. The Hall–Kier alpha value is -1.75. The molecule has 0 atom stereocenters. The van der Waals surface area contributed by atoms with Crippen LogP contribution in [0.4, 0.5) is 13.2 Å². The quantitative estimate of drug-likeness (QED) is 0.750. The maximum absolute atomic E-state index is 12.4. The smallest absolute Gasteiger partial charge is 0.298 e. The van der Waals surface area contributed by atoms with Gasteiger partial charge in [-0.2, -0.15) is 13.2 Å². The molecule has 0 fully saturated rings. The van der Waals surface area contributed by atoms with Crippen LogP contribution in [0, 0.1) is 0 Å². The number of hydrogen-bond acceptors (Lipinski definition) is 2. The molecule has 21 heavy (non-hydrogen) atoms. The molecule has 0 N–H and O–H groups in total. The van der Waals surface area contributed by atoms with Crippen molar-refractivity contribution < 1.29 is 18.0 Å². The maximum Gasteiger partial charge on any atom is 0.416 e. The fraction of sp³-hybridized carbons (Fsp3) is 0.188. The minimum Gasteiger partial charge on any atom is -0.298 e. The van der Waals surface area contributed by atoms with Gasteiger partial charge in [-0.05, 0) is 29.8 Å². The number of carbonyl (C=O) groups excluding carboxylic acids is 1. The third-order valence-corrected chi connectivity index (χ3v) is 3.90. The monoisotopic (exact) mass is 310 g/mol. The molecular weight excluding hydrogens is 297 g/mol. The number of benzene rings is 2. The van der Waals surface area contributed by atoms with Crippen LogP contribution in [0.1, 0.15) is 11.1 Å². The first kappa shape index (κ1) is 15.6. The first-order valence-corrected chi connectivity index (χ1v) is 7.29. The van der Waals surface area contributed by atoms with E-state index in [1.54, 1.807) is 0 Å². The maximum atomic E-state index is 12.4. The second kappa shape index (κ2) is 6.80. The summed E-state index contributed by atoms with van der Waals surface area (Å²) in [6, 6.07) is 14.2. The number of thioether (sulfide) groups is 1. The normalized spacial score (nSPS) is 11.4. The van der Waals surface area contributed by atoms with Gasteiger partial charge in [-0.3, -0.25) is 4.79 Å². The van der Waals surface area contributed by atoms with Gasteiger partial charge in [-0.25, -0.2) is 0 Å². The molecule has 0 bridgehead atoms. The summed E-state index contributed by atoms with van der Waals surface area (Å²) >= 11 is 1.43. The molecule has 0 saturated heterocycles. The van der Waals surface area contributed by atoms with E-state index in [1.807, 2.05) is 30.3 Å². The van der Waals surface area contributed by atoms with E-state index >= 15 is 0 Å². The van der Waals surface area contributed by atoms with Gasteiger partial charge in [-0.15, -0.1) is 11.8 Å². The van der Waals surface area contributed by atoms with Gasteiger partial charge >= 0.3 is 6.18 Å². The lowest BCUT2D eigenvalue weighted by atomic mass is 10.1. The summed E-state index contributed by atoms with van der Waals surface area (Å²) in [6.45, 7) is 0. The number of hydrogen-bond donors (Lipinski definition) is 0. The van der Waals surface area contributed by atoms with Crippen LogP contribution in [-0.4, -0.2) is 11.5 Å². The van der Waals surface area contributed by atoms with E-state index in [-0.39, 0.29) is 12.2 Å². The summed E-state index contributed by atoms with van der Waals surface area (Å²) in [5.74, 6) is 0.300. The second-order valence-corrected chi connectivity index (χ2v) is 5.56. The summed E-state index contributed by atoms with van der Waals surface area (Å²) in [5.41, 5.74) is -0.0981. The summed E-state index contributed by atoms with van der Waals surface area (Å²) in [7, 11) is 0. The lowest BCUT2D eigenvalue weighted by molar-refractivity contribution is -0.137. The Morgan fingerprint density at radius 3 is 2.14 bits per heavy atom. The van der Waals surface area contributed by atoms with Crippen LogP contribution in [-0.2, 0) is 17.4 Å². The van der Waals surface area contributed by atoms with Gasteiger partial charge in [0.2, 0.25) is 0 Å². The molecule has 0 aliphatic carbocycles. The van der Waals surface area contributed by atoms with Crippen molar-refractivity contribution in [3.8, 4) is 0 Å². The largest absolute Gasteiger partial charge is 0.416 e. The fourth-order valence-corrected chi connectivity index (χ4v) is 2.55. The molecule has 2 aromatic carbocycles. The molecule has 0 amide bonds. The Labute approximate surface area is 125 Å². The van der Waals surface area contributed by atoms with Crippen LogP contribution in [0.5, 0.6) is 0 Å². The Morgan fingerprint density at radius 2 is 1.57 bits per heavy atom. The van der Waals surface area contributed by atoms with Crippen molar-refractivity contribution in [1.29, 1.82) is 0 Å². The first-order chi connectivity index (χ1) is 9.95. The minimum atomic E-state index is -4.34. The Balaban J connectivity index is 1.88. The molecule has 0 unspecified atom stereocenters. The Morgan fingerprint density at radius 1 is 0.952 bits per heavy atom. The average molecular weight is 310 g/mol. The van der Waals surface area contributed by atoms with Gasteiger partial charge in [0.25, 0.3) is 0 Å². The average Bonchev–Trinajstić information content (AvgIpc) is 2.46. The highest BCUT2D eigenvalue weighted by molar-refractivity contribution is 8.00. The number of Topliss-reactive ketones (excluding diaryl/α,β-unsaturated/α-hetero) is 1. The predicted octanol–water partition coefficient (Wildman–Crippen LogP) is 4.61. The van der Waals surface area contributed by atoms with Gasteiger partial charge in [-0.1, -0.05) is 30.3 Å². The molecule has 110 valence electrons. The van der Waals surface area contributed by atoms with Crippen LogP contribution in [0.3, 0.4) is 0 Å². The molecule has 2 rings (SSSR count). The molecule has 5 heteroatoms. The zero-order valence-corrected chi connectivity index (χ0v) is 11.9. The van der Waals surface area contributed by atoms with Crippen LogP contribution >= 0.6 is 11.8 Å². The van der Waals surface area contributed by atoms with Crippen molar-refractivity contribution in [3.63, 3.8) is 0 Å². The first-order valence-electron chi connectivity index (χ1n) is 6.31. The SMILES string of the molecule is O=C(CSc1ccccc1)Cc1ccc(C(F)(F)F)cc1. The van der Waals surface area contributed by atoms with Crippen LogP contribution in [0.25, 0.3) is 0 Å². The number of rotatable bonds is 5. The summed E-state index contributed by atoms with van der Waals surface area (Å²) in [5, 5.41) is 0. The molecular formula is C16H13F3OS. The van der Waals surface area contributed by atoms with Crippen LogP contribution < -0.4 is 0 Å². The molecule has 2 aromatic rings. The van der Waals surface area contributed by atoms with Crippen LogP contribution in [0.2, 0.25) is 0 Å². The Kier molecular flexibility index (Phi) is 5.07. The highest BCUT2D eigenvalue weighted by atomic mass is 32.2. The number of ketones is 1. The third-order valence-electron chi connectivity index (χ3n) is 2.83. The molecule has 1 nitrogen and oxygen atoms in total. The van der Waals surface area contributed by atoms with Crippen molar-refractivity contribution in [2.24, 2.45) is 0 Å². The molecule has 0 aromatic heterocycles. The highest BCUT2D eigenvalue weighted by Crippen LogP contribution is 2.29. The van der Waals surface area contributed by atoms with Crippen LogP contribution in [0.15, 0.2) is 59.5 Å². The molecule has 0 saturated carbocycles. The number of alkyl halides is 3. The molecule has 0 aliphatic rings. The van der Waals surface area contributed by atoms with Gasteiger partial charge in [0.1, 0.15) is 5.78 Å². The zero-order valence-electron chi connectivity index (χ0n) is 11.1. The predicted molar refractivity (Wildman–Crippen MR) is 77.3 cm³/mol. The van der Waals surface area contributed by atoms with Gasteiger partial charge < -0.3 is 0 Å². The summed E-state index contributed by atoms with van der Waals surface area (Å²) in [6.07, 6.45) is -4.19. The zero-order chi connectivity index (χ0) is 15.3. The molecule has 0 radical (unpaired) electrons. The summed E-state index contributed by atoms with van der Waals surface area (Å²) in [4.78, 5) is 12.8. The molecule has 0 aliphatic heterocycles. The van der Waals surface area contributed by atoms with Crippen molar-refractivity contribution in [2.45, 2.75) is 17.5 Å². The van der Waals surface area contributed by atoms with Gasteiger partial charge in [0.05, 0.1) is 11.3 Å². The van der Waals surface area contributed by atoms with E-state index in [0.29, 0.717) is 11.3 Å². The van der Waals surface area contributed by atoms with Crippen molar-refractivity contribution in [2.75, 3.05) is 5.75 Å². The summed E-state index contributed by atoms with van der Waals surface area (Å²) < 4.78 is 37.3. The lowest BCUT2D eigenvalue weighted by Crippen LogP contribution is -2.07. The lowest BCUT2D eigenvalue weighted by Gasteiger charge is -2.07. The van der Waals surface area contributed by atoms with Gasteiger partial charge in [0, 0.05) is 11.3 Å². The number of halogens is 3. The standard InChI is InChI=1S/C16H13F3OS/c17-16(18,19)13-8-6-12(7-9-13)10-14(20)11-21-15-4-2-1-3-5-15/h1-9H,10-11H2. The highest BCUT2D eigenvalue weighted by Gasteiger charge is 2.29. The van der Waals surface area contributed by atoms with Gasteiger partial charge in [0.15, 0.2) is 0 Å². The van der Waals surface area contributed by atoms with E-state index in [9.17, 15) is 18.0 Å². The second-order valence-electron chi connectivity index (χ2n) is 4.51. The minimum absolute atomic E-state index is 0.0105.